The Balaban J connectivity index is 0.00000288. The molecule has 2 aliphatic heterocycles. The Morgan fingerprint density at radius 1 is 1.29 bits per heavy atom. The maximum atomic E-state index is 5.23. The molecule has 2 aliphatic rings. The van der Waals surface area contributed by atoms with E-state index in [1.165, 1.54) is 19.4 Å². The third-order valence-corrected chi connectivity index (χ3v) is 6.01. The second kappa shape index (κ2) is 9.03. The Kier molecular flexibility index (Phi) is 8.26. The van der Waals surface area contributed by atoms with Crippen LogP contribution in [0.3, 0.4) is 0 Å². The molecular formula is C18H37IN4O. The van der Waals surface area contributed by atoms with Gasteiger partial charge in [-0.2, -0.15) is 0 Å². The maximum absolute atomic E-state index is 5.23. The van der Waals surface area contributed by atoms with E-state index in [2.05, 4.69) is 49.7 Å². The van der Waals surface area contributed by atoms with Crippen molar-refractivity contribution < 1.29 is 4.74 Å². The minimum atomic E-state index is 0. The largest absolute Gasteiger partial charge is 0.383 e. The SMILES string of the molecule is CCNC(=NCC1CCCN1CCOC)N1CC(C)(C)C1(C)C.I. The first-order valence-electron chi connectivity index (χ1n) is 9.12. The number of nitrogens with zero attached hydrogens (tertiary/aromatic N) is 3. The number of ether oxygens (including phenoxy) is 1. The van der Waals surface area contributed by atoms with Crippen LogP contribution in [0.25, 0.3) is 0 Å². The molecule has 142 valence electrons. The fourth-order valence-electron chi connectivity index (χ4n) is 3.59. The highest BCUT2D eigenvalue weighted by Crippen LogP contribution is 2.46. The third kappa shape index (κ3) is 4.55. The van der Waals surface area contributed by atoms with E-state index in [0.29, 0.717) is 11.5 Å². The zero-order chi connectivity index (χ0) is 17.1. The summed E-state index contributed by atoms with van der Waals surface area (Å²) in [7, 11) is 1.78. The first-order valence-corrected chi connectivity index (χ1v) is 9.12. The van der Waals surface area contributed by atoms with Crippen molar-refractivity contribution in [2.24, 2.45) is 10.4 Å². The third-order valence-electron chi connectivity index (χ3n) is 6.01. The number of hydrogen-bond acceptors (Lipinski definition) is 3. The summed E-state index contributed by atoms with van der Waals surface area (Å²) in [4.78, 5) is 9.95. The standard InChI is InChI=1S/C18H36N4O.HI/c1-7-19-16(22-14-17(2,3)18(22,4)5)20-13-15-9-8-10-21(15)11-12-23-6;/h15H,7-14H2,1-6H3,(H,19,20);1H. The maximum Gasteiger partial charge on any atom is 0.194 e. The Labute approximate surface area is 165 Å². The van der Waals surface area contributed by atoms with Gasteiger partial charge in [0.25, 0.3) is 0 Å². The monoisotopic (exact) mass is 452 g/mol. The van der Waals surface area contributed by atoms with E-state index in [4.69, 9.17) is 9.73 Å². The van der Waals surface area contributed by atoms with E-state index in [1.807, 2.05) is 0 Å². The van der Waals surface area contributed by atoms with Crippen molar-refractivity contribution in [2.45, 2.75) is 59.0 Å². The molecule has 6 heteroatoms. The Morgan fingerprint density at radius 3 is 2.54 bits per heavy atom. The van der Waals surface area contributed by atoms with Gasteiger partial charge in [-0.05, 0) is 40.2 Å². The number of aliphatic imine (C=N–C) groups is 1. The van der Waals surface area contributed by atoms with Crippen molar-refractivity contribution in [1.29, 1.82) is 0 Å². The Morgan fingerprint density at radius 2 is 2.00 bits per heavy atom. The first-order chi connectivity index (χ1) is 10.8. The van der Waals surface area contributed by atoms with E-state index in [9.17, 15) is 0 Å². The van der Waals surface area contributed by atoms with Crippen LogP contribution < -0.4 is 5.32 Å². The van der Waals surface area contributed by atoms with Gasteiger partial charge < -0.3 is 15.0 Å². The van der Waals surface area contributed by atoms with Crippen LogP contribution in [0.4, 0.5) is 0 Å². The molecule has 0 aliphatic carbocycles. The highest BCUT2D eigenvalue weighted by Gasteiger charge is 2.53. The van der Waals surface area contributed by atoms with Gasteiger partial charge in [0.15, 0.2) is 5.96 Å². The van der Waals surface area contributed by atoms with Crippen LogP contribution in [-0.4, -0.2) is 73.8 Å². The second-order valence-electron chi connectivity index (χ2n) is 8.05. The molecule has 2 heterocycles. The molecule has 1 N–H and O–H groups in total. The molecule has 0 spiro atoms. The van der Waals surface area contributed by atoms with Gasteiger partial charge in [-0.1, -0.05) is 13.8 Å². The average Bonchev–Trinajstić information content (AvgIpc) is 2.94. The summed E-state index contributed by atoms with van der Waals surface area (Å²) >= 11 is 0. The predicted molar refractivity (Wildman–Crippen MR) is 112 cm³/mol. The van der Waals surface area contributed by atoms with Gasteiger partial charge in [0.1, 0.15) is 0 Å². The number of guanidine groups is 1. The molecule has 0 aromatic heterocycles. The Bertz CT molecular complexity index is 425. The zero-order valence-corrected chi connectivity index (χ0v) is 18.7. The molecule has 1 unspecified atom stereocenters. The number of rotatable bonds is 6. The lowest BCUT2D eigenvalue weighted by molar-refractivity contribution is -0.0668. The first kappa shape index (κ1) is 22.0. The van der Waals surface area contributed by atoms with Gasteiger partial charge >= 0.3 is 0 Å². The van der Waals surface area contributed by atoms with Gasteiger partial charge in [0.05, 0.1) is 13.2 Å². The smallest absolute Gasteiger partial charge is 0.194 e. The molecule has 0 aromatic rings. The quantitative estimate of drug-likeness (QED) is 0.382. The van der Waals surface area contributed by atoms with E-state index < -0.39 is 0 Å². The summed E-state index contributed by atoms with van der Waals surface area (Å²) in [5, 5.41) is 3.49. The van der Waals surface area contributed by atoms with Gasteiger partial charge in [0, 0.05) is 43.7 Å². The van der Waals surface area contributed by atoms with Gasteiger partial charge in [-0.3, -0.25) is 9.89 Å². The number of methoxy groups -OCH3 is 1. The number of likely N-dealkylation sites (tertiary alicyclic amines) is 2. The fourth-order valence-corrected chi connectivity index (χ4v) is 3.59. The summed E-state index contributed by atoms with van der Waals surface area (Å²) in [6.45, 7) is 17.4. The summed E-state index contributed by atoms with van der Waals surface area (Å²) < 4.78 is 5.23. The lowest BCUT2D eigenvalue weighted by atomic mass is 9.65. The molecule has 2 rings (SSSR count). The van der Waals surface area contributed by atoms with Crippen molar-refractivity contribution in [3.05, 3.63) is 0 Å². The minimum absolute atomic E-state index is 0. The van der Waals surface area contributed by atoms with Crippen LogP contribution in [0.15, 0.2) is 4.99 Å². The van der Waals surface area contributed by atoms with Crippen molar-refractivity contribution >= 4 is 29.9 Å². The molecule has 0 radical (unpaired) electrons. The molecule has 0 aromatic carbocycles. The minimum Gasteiger partial charge on any atom is -0.383 e. The summed E-state index contributed by atoms with van der Waals surface area (Å²) in [6, 6.07) is 0.566. The highest BCUT2D eigenvalue weighted by atomic mass is 127. The normalized spacial score (nSPS) is 26.0. The molecule has 24 heavy (non-hydrogen) atoms. The van der Waals surface area contributed by atoms with Crippen LogP contribution in [0.1, 0.15) is 47.5 Å². The topological polar surface area (TPSA) is 40.1 Å². The molecule has 0 amide bonds. The lowest BCUT2D eigenvalue weighted by Crippen LogP contribution is -2.72. The fraction of sp³-hybridized carbons (Fsp3) is 0.944. The van der Waals surface area contributed by atoms with Gasteiger partial charge in [0.2, 0.25) is 0 Å². The number of nitrogens with one attached hydrogen (secondary N) is 1. The highest BCUT2D eigenvalue weighted by molar-refractivity contribution is 14.0. The van der Waals surface area contributed by atoms with Crippen LogP contribution in [0.5, 0.6) is 0 Å². The van der Waals surface area contributed by atoms with Gasteiger partial charge in [-0.25, -0.2) is 0 Å². The van der Waals surface area contributed by atoms with Crippen molar-refractivity contribution in [3.8, 4) is 0 Å². The van der Waals surface area contributed by atoms with E-state index >= 15 is 0 Å². The molecule has 5 nitrogen and oxygen atoms in total. The molecular weight excluding hydrogens is 415 g/mol. The van der Waals surface area contributed by atoms with Crippen molar-refractivity contribution in [3.63, 3.8) is 0 Å². The number of hydrogen-bond donors (Lipinski definition) is 1. The predicted octanol–water partition coefficient (Wildman–Crippen LogP) is 2.80. The van der Waals surface area contributed by atoms with Gasteiger partial charge in [-0.15, -0.1) is 24.0 Å². The molecule has 1 atom stereocenters. The Hall–Kier alpha value is -0.0800. The summed E-state index contributed by atoms with van der Waals surface area (Å²) in [5.74, 6) is 1.08. The molecule has 0 saturated carbocycles. The average molecular weight is 452 g/mol. The summed E-state index contributed by atoms with van der Waals surface area (Å²) in [6.07, 6.45) is 2.53. The molecule has 0 bridgehead atoms. The van der Waals surface area contributed by atoms with E-state index in [1.54, 1.807) is 7.11 Å². The number of halogens is 1. The van der Waals surface area contributed by atoms with Crippen molar-refractivity contribution in [1.82, 2.24) is 15.1 Å². The van der Waals surface area contributed by atoms with E-state index in [0.717, 1.165) is 38.7 Å². The van der Waals surface area contributed by atoms with Crippen LogP contribution >= 0.6 is 24.0 Å². The molecule has 2 saturated heterocycles. The molecule has 2 fully saturated rings. The van der Waals surface area contributed by atoms with Crippen LogP contribution in [0.2, 0.25) is 0 Å². The lowest BCUT2D eigenvalue weighted by Gasteiger charge is -2.62. The van der Waals surface area contributed by atoms with Crippen LogP contribution in [0, 0.1) is 5.41 Å². The van der Waals surface area contributed by atoms with Crippen LogP contribution in [-0.2, 0) is 4.74 Å². The summed E-state index contributed by atoms with van der Waals surface area (Å²) in [5.41, 5.74) is 0.487. The zero-order valence-electron chi connectivity index (χ0n) is 16.4. The van der Waals surface area contributed by atoms with Crippen molar-refractivity contribution in [2.75, 3.05) is 46.4 Å². The second-order valence-corrected chi connectivity index (χ2v) is 8.05. The van der Waals surface area contributed by atoms with E-state index in [-0.39, 0.29) is 29.5 Å².